The number of rotatable bonds is 3. The molecule has 1 aliphatic carbocycles. The van der Waals surface area contributed by atoms with Gasteiger partial charge in [-0.3, -0.25) is 4.79 Å². The number of aliphatic carboxylic acids is 1. The number of nitrogens with one attached hydrogen (secondary N) is 1. The molecule has 0 spiro atoms. The summed E-state index contributed by atoms with van der Waals surface area (Å²) in [5, 5.41) is 12.0. The molecule has 0 radical (unpaired) electrons. The molecule has 1 aliphatic rings. The van der Waals surface area contributed by atoms with Crippen LogP contribution in [0.3, 0.4) is 0 Å². The molecule has 1 saturated carbocycles. The molecular weight excluding hydrogens is 378 g/mol. The van der Waals surface area contributed by atoms with Crippen molar-refractivity contribution < 1.29 is 14.7 Å². The Bertz CT molecular complexity index is 525. The SMILES string of the molecule is O=C(NC1(C(=O)O)CCCC1)c1ccc(Br)cc1Br. The summed E-state index contributed by atoms with van der Waals surface area (Å²) in [6.07, 6.45) is 2.63. The molecule has 0 unspecified atom stereocenters. The van der Waals surface area contributed by atoms with Gasteiger partial charge in [-0.15, -0.1) is 0 Å². The van der Waals surface area contributed by atoms with Crippen molar-refractivity contribution in [3.05, 3.63) is 32.7 Å². The molecule has 1 amide bonds. The molecule has 1 aromatic carbocycles. The molecule has 0 aromatic heterocycles. The van der Waals surface area contributed by atoms with Crippen molar-refractivity contribution in [3.8, 4) is 0 Å². The summed E-state index contributed by atoms with van der Waals surface area (Å²) >= 11 is 6.63. The fourth-order valence-corrected chi connectivity index (χ4v) is 3.56. The summed E-state index contributed by atoms with van der Waals surface area (Å²) in [5.74, 6) is -1.31. The number of hydrogen-bond acceptors (Lipinski definition) is 2. The number of carboxylic acids is 1. The maximum Gasteiger partial charge on any atom is 0.329 e. The lowest BCUT2D eigenvalue weighted by Crippen LogP contribution is -2.52. The summed E-state index contributed by atoms with van der Waals surface area (Å²) in [6, 6.07) is 5.17. The van der Waals surface area contributed by atoms with Gasteiger partial charge in [0, 0.05) is 8.95 Å². The first-order valence-corrected chi connectivity index (χ1v) is 7.54. The van der Waals surface area contributed by atoms with Gasteiger partial charge in [-0.2, -0.15) is 0 Å². The van der Waals surface area contributed by atoms with E-state index in [9.17, 15) is 14.7 Å². The topological polar surface area (TPSA) is 66.4 Å². The number of benzene rings is 1. The van der Waals surface area contributed by atoms with Gasteiger partial charge in [0.25, 0.3) is 5.91 Å². The number of carbonyl (C=O) groups excluding carboxylic acids is 1. The minimum absolute atomic E-state index is 0.358. The largest absolute Gasteiger partial charge is 0.480 e. The molecule has 1 aromatic rings. The summed E-state index contributed by atoms with van der Waals surface area (Å²) < 4.78 is 1.49. The first-order valence-electron chi connectivity index (χ1n) is 5.95. The highest BCUT2D eigenvalue weighted by atomic mass is 79.9. The van der Waals surface area contributed by atoms with Crippen LogP contribution in [-0.4, -0.2) is 22.5 Å². The second kappa shape index (κ2) is 5.63. The Balaban J connectivity index is 2.22. The van der Waals surface area contributed by atoms with Crippen LogP contribution in [0.2, 0.25) is 0 Å². The number of hydrogen-bond donors (Lipinski definition) is 2. The molecule has 0 aliphatic heterocycles. The van der Waals surface area contributed by atoms with E-state index in [1.165, 1.54) is 0 Å². The fraction of sp³-hybridized carbons (Fsp3) is 0.385. The third-order valence-corrected chi connectivity index (χ3v) is 4.54. The Kier molecular flexibility index (Phi) is 4.30. The van der Waals surface area contributed by atoms with Gasteiger partial charge in [-0.05, 0) is 47.0 Å². The quantitative estimate of drug-likeness (QED) is 0.831. The Morgan fingerprint density at radius 2 is 1.84 bits per heavy atom. The predicted molar refractivity (Wildman–Crippen MR) is 78.1 cm³/mol. The molecule has 2 N–H and O–H groups in total. The van der Waals surface area contributed by atoms with Crippen molar-refractivity contribution in [2.75, 3.05) is 0 Å². The number of amides is 1. The molecule has 2 rings (SSSR count). The summed E-state index contributed by atoms with van der Waals surface area (Å²) in [4.78, 5) is 23.6. The van der Waals surface area contributed by atoms with Crippen LogP contribution < -0.4 is 5.32 Å². The molecule has 1 fully saturated rings. The van der Waals surface area contributed by atoms with E-state index in [-0.39, 0.29) is 5.91 Å². The van der Waals surface area contributed by atoms with Gasteiger partial charge < -0.3 is 10.4 Å². The zero-order valence-electron chi connectivity index (χ0n) is 10.1. The molecule has 6 heteroatoms. The smallest absolute Gasteiger partial charge is 0.329 e. The Hall–Kier alpha value is -0.880. The van der Waals surface area contributed by atoms with E-state index in [2.05, 4.69) is 37.2 Å². The second-order valence-corrected chi connectivity index (χ2v) is 6.44. The van der Waals surface area contributed by atoms with Crippen molar-refractivity contribution in [3.63, 3.8) is 0 Å². The predicted octanol–water partition coefficient (Wildman–Crippen LogP) is 3.34. The highest BCUT2D eigenvalue weighted by molar-refractivity contribution is 9.11. The number of carboxylic acid groups (broad SMARTS) is 1. The molecule has 0 bridgehead atoms. The Morgan fingerprint density at radius 1 is 1.21 bits per heavy atom. The van der Waals surface area contributed by atoms with E-state index >= 15 is 0 Å². The zero-order chi connectivity index (χ0) is 14.0. The molecule has 0 atom stereocenters. The van der Waals surface area contributed by atoms with Gasteiger partial charge in [0.2, 0.25) is 0 Å². The van der Waals surface area contributed by atoms with Crippen molar-refractivity contribution in [2.45, 2.75) is 31.2 Å². The van der Waals surface area contributed by atoms with Crippen LogP contribution in [0.25, 0.3) is 0 Å². The van der Waals surface area contributed by atoms with Gasteiger partial charge in [0.15, 0.2) is 0 Å². The van der Waals surface area contributed by atoms with E-state index < -0.39 is 11.5 Å². The number of halogens is 2. The van der Waals surface area contributed by atoms with Crippen LogP contribution in [0, 0.1) is 0 Å². The highest BCUT2D eigenvalue weighted by Crippen LogP contribution is 2.31. The average molecular weight is 391 g/mol. The summed E-state index contributed by atoms with van der Waals surface area (Å²) in [7, 11) is 0. The lowest BCUT2D eigenvalue weighted by molar-refractivity contribution is -0.144. The van der Waals surface area contributed by atoms with Gasteiger partial charge >= 0.3 is 5.97 Å². The van der Waals surface area contributed by atoms with Crippen LogP contribution in [0.4, 0.5) is 0 Å². The first-order chi connectivity index (χ1) is 8.94. The maximum atomic E-state index is 12.2. The Labute approximate surface area is 127 Å². The molecule has 0 heterocycles. The lowest BCUT2D eigenvalue weighted by atomic mass is 9.97. The minimum atomic E-state index is -1.11. The highest BCUT2D eigenvalue weighted by Gasteiger charge is 2.42. The van der Waals surface area contributed by atoms with E-state index in [1.807, 2.05) is 0 Å². The van der Waals surface area contributed by atoms with E-state index in [0.29, 0.717) is 22.9 Å². The average Bonchev–Trinajstić information content (AvgIpc) is 2.78. The van der Waals surface area contributed by atoms with E-state index in [4.69, 9.17) is 0 Å². The second-order valence-electron chi connectivity index (χ2n) is 4.67. The van der Waals surface area contributed by atoms with E-state index in [1.54, 1.807) is 18.2 Å². The third kappa shape index (κ3) is 3.00. The monoisotopic (exact) mass is 389 g/mol. The maximum absolute atomic E-state index is 12.2. The van der Waals surface area contributed by atoms with Gasteiger partial charge in [0.05, 0.1) is 5.56 Å². The molecule has 102 valence electrons. The minimum Gasteiger partial charge on any atom is -0.480 e. The van der Waals surface area contributed by atoms with Crippen LogP contribution >= 0.6 is 31.9 Å². The van der Waals surface area contributed by atoms with Gasteiger partial charge in [-0.1, -0.05) is 28.8 Å². The van der Waals surface area contributed by atoms with Crippen LogP contribution in [0.1, 0.15) is 36.0 Å². The third-order valence-electron chi connectivity index (χ3n) is 3.40. The molecular formula is C13H13Br2NO3. The van der Waals surface area contributed by atoms with Gasteiger partial charge in [-0.25, -0.2) is 4.79 Å². The summed E-state index contributed by atoms with van der Waals surface area (Å²) in [6.45, 7) is 0. The zero-order valence-corrected chi connectivity index (χ0v) is 13.3. The van der Waals surface area contributed by atoms with Gasteiger partial charge in [0.1, 0.15) is 5.54 Å². The van der Waals surface area contributed by atoms with Crippen LogP contribution in [0.5, 0.6) is 0 Å². The summed E-state index contributed by atoms with van der Waals surface area (Å²) in [5.41, 5.74) is -0.667. The lowest BCUT2D eigenvalue weighted by Gasteiger charge is -2.25. The van der Waals surface area contributed by atoms with E-state index in [0.717, 1.165) is 17.3 Å². The van der Waals surface area contributed by atoms with Crippen molar-refractivity contribution in [1.29, 1.82) is 0 Å². The molecule has 0 saturated heterocycles. The number of carbonyl (C=O) groups is 2. The molecule has 19 heavy (non-hydrogen) atoms. The normalized spacial score (nSPS) is 17.2. The fourth-order valence-electron chi connectivity index (χ4n) is 2.33. The van der Waals surface area contributed by atoms with Crippen LogP contribution in [0.15, 0.2) is 27.1 Å². The Morgan fingerprint density at radius 3 is 2.37 bits per heavy atom. The van der Waals surface area contributed by atoms with Crippen molar-refractivity contribution >= 4 is 43.7 Å². The van der Waals surface area contributed by atoms with Crippen molar-refractivity contribution in [1.82, 2.24) is 5.32 Å². The first kappa shape index (κ1) is 14.5. The molecule has 4 nitrogen and oxygen atoms in total. The van der Waals surface area contributed by atoms with Crippen molar-refractivity contribution in [2.24, 2.45) is 0 Å². The standard InChI is InChI=1S/C13H13Br2NO3/c14-8-3-4-9(10(15)7-8)11(17)16-13(12(18)19)5-1-2-6-13/h3-4,7H,1-2,5-6H2,(H,16,17)(H,18,19). The van der Waals surface area contributed by atoms with Crippen LogP contribution in [-0.2, 0) is 4.79 Å².